The number of carbonyl (C=O) groups excluding carboxylic acids is 4. The van der Waals surface area contributed by atoms with Crippen molar-refractivity contribution in [3.05, 3.63) is 75.9 Å². The molecule has 0 radical (unpaired) electrons. The Kier molecular flexibility index (Phi) is 40.3. The summed E-state index contributed by atoms with van der Waals surface area (Å²) in [6.07, 6.45) is 3.47. The van der Waals surface area contributed by atoms with Crippen LogP contribution in [0.2, 0.25) is 0 Å². The first kappa shape index (κ1) is 74.3. The number of nitrogens with zero attached hydrogens (tertiary/aromatic N) is 6. The standard InChI is InChI=1S/C61H97N11O16/c1-4-5-12-54-69-57-58(51-10-6-7-11-52(51)68-59(57)62)72(54)46-49-15-13-48(14-16-49)45-66-60(75)50(9-8-18-65-61(63)76)44-53(73)56(47(2)3)70-55(74)17-20-77-22-24-79-26-28-81-30-32-83-34-36-85-38-40-87-42-43-88-41-39-86-37-35-84-33-31-82-29-27-80-25-23-78-21-19-67-71-64/h6-7,10-11,13-16,47,50,56H,4-5,8-9,12,17-46H2,1-3H3,(H2,62,68)(H,66,75)(H,70,74)(H3,63,65,76)/t50-,56+/m1/s1. The van der Waals surface area contributed by atoms with Gasteiger partial charge in [0.1, 0.15) is 11.3 Å². The molecule has 0 unspecified atom stereocenters. The summed E-state index contributed by atoms with van der Waals surface area (Å²) in [6.45, 7) is 17.2. The molecule has 0 bridgehead atoms. The summed E-state index contributed by atoms with van der Waals surface area (Å²) < 4.78 is 68.1. The van der Waals surface area contributed by atoms with Crippen LogP contribution in [-0.2, 0) is 90.7 Å². The van der Waals surface area contributed by atoms with Crippen molar-refractivity contribution in [2.45, 2.75) is 84.8 Å². The first-order valence-corrected chi connectivity index (χ1v) is 30.7. The Bertz CT molecular complexity index is 2590. The van der Waals surface area contributed by atoms with E-state index in [0.717, 1.165) is 52.6 Å². The third-order valence-electron chi connectivity index (χ3n) is 13.4. The lowest BCUT2D eigenvalue weighted by Crippen LogP contribution is -2.46. The molecule has 0 saturated heterocycles. The number of unbranched alkanes of at least 4 members (excludes halogenated alkanes) is 1. The lowest BCUT2D eigenvalue weighted by Gasteiger charge is -2.24. The zero-order valence-electron chi connectivity index (χ0n) is 52.0. The SMILES string of the molecule is CCCCc1nc2c(N)nc3ccccc3c2n1Cc1ccc(CNC(=O)[C@H](CCCNC(N)=O)CC(=O)[C@@H](NC(=O)CCOCCOCCOCCOCCOCCOCCOCCOCCOCCOCCOCCOCCN=[N+]=[N-])C(C)C)cc1. The van der Waals surface area contributed by atoms with Crippen molar-refractivity contribution in [2.24, 2.45) is 22.7 Å². The highest BCUT2D eigenvalue weighted by Crippen LogP contribution is 2.30. The number of nitrogens with two attached hydrogens (primary N) is 2. The van der Waals surface area contributed by atoms with Crippen LogP contribution < -0.4 is 27.4 Å². The molecule has 4 aromatic rings. The monoisotopic (exact) mass is 1240 g/mol. The minimum atomic E-state index is -0.818. The number of aromatic nitrogens is 3. The predicted octanol–water partition coefficient (Wildman–Crippen LogP) is 5.24. The van der Waals surface area contributed by atoms with Crippen molar-refractivity contribution in [3.8, 4) is 0 Å². The molecule has 0 saturated carbocycles. The highest BCUT2D eigenvalue weighted by molar-refractivity contribution is 6.06. The maximum atomic E-state index is 13.8. The van der Waals surface area contributed by atoms with Crippen LogP contribution in [0.5, 0.6) is 0 Å². The van der Waals surface area contributed by atoms with Gasteiger partial charge >= 0.3 is 6.03 Å². The van der Waals surface area contributed by atoms with E-state index >= 15 is 0 Å². The van der Waals surface area contributed by atoms with E-state index in [2.05, 4.69) is 42.5 Å². The van der Waals surface area contributed by atoms with Gasteiger partial charge in [-0.2, -0.15) is 0 Å². The van der Waals surface area contributed by atoms with Crippen LogP contribution in [0.25, 0.3) is 32.4 Å². The van der Waals surface area contributed by atoms with Crippen LogP contribution in [0.3, 0.4) is 0 Å². The molecule has 0 aliphatic heterocycles. The molecule has 4 rings (SSSR count). The second kappa shape index (κ2) is 47.8. The van der Waals surface area contributed by atoms with Crippen LogP contribution in [-0.4, -0.2) is 216 Å². The molecule has 0 aliphatic carbocycles. The van der Waals surface area contributed by atoms with Crippen molar-refractivity contribution in [3.63, 3.8) is 0 Å². The molecule has 27 heteroatoms. The fourth-order valence-corrected chi connectivity index (χ4v) is 8.84. The number of para-hydroxylation sites is 1. The highest BCUT2D eigenvalue weighted by Gasteiger charge is 2.29. The summed E-state index contributed by atoms with van der Waals surface area (Å²) in [6, 6.07) is 14.5. The molecule has 4 amide bonds. The number of amides is 4. The van der Waals surface area contributed by atoms with Crippen LogP contribution >= 0.6 is 0 Å². The van der Waals surface area contributed by atoms with E-state index in [1.165, 1.54) is 0 Å². The Labute approximate surface area is 517 Å². The van der Waals surface area contributed by atoms with E-state index in [9.17, 15) is 19.2 Å². The molecule has 88 heavy (non-hydrogen) atoms. The number of hydrogen-bond acceptors (Lipinski definition) is 20. The Morgan fingerprint density at radius 3 is 1.58 bits per heavy atom. The van der Waals surface area contributed by atoms with Crippen molar-refractivity contribution in [2.75, 3.05) is 177 Å². The summed E-state index contributed by atoms with van der Waals surface area (Å²) in [4.78, 5) is 64.2. The number of fused-ring (bicyclic) bond motifs is 3. The molecule has 27 nitrogen and oxygen atoms in total. The zero-order valence-corrected chi connectivity index (χ0v) is 52.0. The Morgan fingerprint density at radius 2 is 1.10 bits per heavy atom. The summed E-state index contributed by atoms with van der Waals surface area (Å²) in [5, 5.41) is 12.8. The quantitative estimate of drug-likeness (QED) is 0.0163. The van der Waals surface area contributed by atoms with Gasteiger partial charge in [-0.1, -0.05) is 74.8 Å². The number of benzene rings is 2. The number of hydrogen-bond donors (Lipinski definition) is 5. The fourth-order valence-electron chi connectivity index (χ4n) is 8.84. The highest BCUT2D eigenvalue weighted by atomic mass is 16.6. The van der Waals surface area contributed by atoms with Gasteiger partial charge in [-0.05, 0) is 47.9 Å². The molecule has 2 aromatic heterocycles. The number of pyridine rings is 1. The van der Waals surface area contributed by atoms with Gasteiger partial charge < -0.3 is 88.8 Å². The summed E-state index contributed by atoms with van der Waals surface area (Å²) in [5.41, 5.74) is 24.3. The first-order chi connectivity index (χ1) is 43.0. The Morgan fingerprint density at radius 1 is 0.625 bits per heavy atom. The molecular weight excluding hydrogens is 1140 g/mol. The van der Waals surface area contributed by atoms with Gasteiger partial charge in [0, 0.05) is 61.7 Å². The number of anilines is 1. The third-order valence-corrected chi connectivity index (χ3v) is 13.4. The number of carbonyl (C=O) groups is 4. The van der Waals surface area contributed by atoms with Gasteiger partial charge in [0.25, 0.3) is 0 Å². The first-order valence-electron chi connectivity index (χ1n) is 30.7. The fraction of sp³-hybridized carbons (Fsp3) is 0.672. The smallest absolute Gasteiger partial charge is 0.312 e. The average molecular weight is 1240 g/mol. The number of urea groups is 1. The maximum Gasteiger partial charge on any atom is 0.312 e. The van der Waals surface area contributed by atoms with E-state index < -0.39 is 18.0 Å². The normalized spacial score (nSPS) is 12.2. The van der Waals surface area contributed by atoms with E-state index in [1.54, 1.807) is 0 Å². The molecular formula is C61H97N11O16. The minimum Gasteiger partial charge on any atom is -0.382 e. The van der Waals surface area contributed by atoms with E-state index in [-0.39, 0.29) is 62.7 Å². The molecule has 492 valence electrons. The number of rotatable bonds is 56. The number of imidazole rings is 1. The van der Waals surface area contributed by atoms with Crippen molar-refractivity contribution >= 4 is 51.4 Å². The topological polar surface area (TPSA) is 347 Å². The van der Waals surface area contributed by atoms with Crippen LogP contribution in [0.4, 0.5) is 10.6 Å². The lowest BCUT2D eigenvalue weighted by molar-refractivity contribution is -0.133. The molecule has 7 N–H and O–H groups in total. The van der Waals surface area contributed by atoms with Crippen LogP contribution in [0, 0.1) is 11.8 Å². The number of ketones is 1. The number of primary amides is 1. The van der Waals surface area contributed by atoms with Gasteiger partial charge in [0.15, 0.2) is 11.6 Å². The number of aryl methyl sites for hydroxylation is 1. The molecule has 0 spiro atoms. The van der Waals surface area contributed by atoms with Crippen LogP contribution in [0.15, 0.2) is 53.6 Å². The largest absolute Gasteiger partial charge is 0.382 e. The molecule has 0 fully saturated rings. The lowest BCUT2D eigenvalue weighted by atomic mass is 9.89. The number of nitrogen functional groups attached to an aromatic ring is 1. The second-order valence-electron chi connectivity index (χ2n) is 20.6. The maximum absolute atomic E-state index is 13.8. The number of nitrogens with one attached hydrogen (secondary N) is 3. The van der Waals surface area contributed by atoms with E-state index in [0.29, 0.717) is 183 Å². The van der Waals surface area contributed by atoms with Crippen molar-refractivity contribution in [1.29, 1.82) is 0 Å². The van der Waals surface area contributed by atoms with Gasteiger partial charge in [-0.25, -0.2) is 14.8 Å². The van der Waals surface area contributed by atoms with Crippen molar-refractivity contribution in [1.82, 2.24) is 30.5 Å². The molecule has 2 heterocycles. The summed E-state index contributed by atoms with van der Waals surface area (Å²) in [7, 11) is 0. The zero-order chi connectivity index (χ0) is 63.1. The third kappa shape index (κ3) is 32.4. The second-order valence-corrected chi connectivity index (χ2v) is 20.6. The average Bonchev–Trinajstić information content (AvgIpc) is 1.72. The van der Waals surface area contributed by atoms with Crippen LogP contribution in [0.1, 0.15) is 76.2 Å². The summed E-state index contributed by atoms with van der Waals surface area (Å²) >= 11 is 0. The predicted molar refractivity (Wildman–Crippen MR) is 331 cm³/mol. The van der Waals surface area contributed by atoms with Gasteiger partial charge in [0.2, 0.25) is 11.8 Å². The number of Topliss-reactive ketones (excluding diaryl/α,β-unsaturated/α-hetero) is 1. The molecule has 2 atom stereocenters. The summed E-state index contributed by atoms with van der Waals surface area (Å²) in [5.74, 6) is -0.516. The van der Waals surface area contributed by atoms with Gasteiger partial charge in [0.05, 0.1) is 176 Å². The number of ether oxygens (including phenoxy) is 12. The minimum absolute atomic E-state index is 0.0365. The Balaban J connectivity index is 0.976. The Hall–Kier alpha value is -6.17. The van der Waals surface area contributed by atoms with Crippen molar-refractivity contribution < 1.29 is 76.0 Å². The van der Waals surface area contributed by atoms with Gasteiger partial charge in [-0.3, -0.25) is 14.4 Å². The number of azide groups is 1. The van der Waals surface area contributed by atoms with E-state index in [1.807, 2.05) is 62.4 Å². The molecule has 0 aliphatic rings. The van der Waals surface area contributed by atoms with Gasteiger partial charge in [-0.15, -0.1) is 0 Å². The molecule has 2 aromatic carbocycles. The van der Waals surface area contributed by atoms with E-state index in [4.69, 9.17) is 78.8 Å².